The van der Waals surface area contributed by atoms with Crippen LogP contribution in [0.1, 0.15) is 50.2 Å². The van der Waals surface area contributed by atoms with Crippen molar-refractivity contribution in [3.05, 3.63) is 35.6 Å². The molecule has 2 fully saturated rings. The van der Waals surface area contributed by atoms with Gasteiger partial charge in [0.15, 0.2) is 0 Å². The fraction of sp³-hybridized carbons (Fsp3) is 0.647. The summed E-state index contributed by atoms with van der Waals surface area (Å²) >= 11 is 0. The molecule has 0 amide bonds. The van der Waals surface area contributed by atoms with E-state index >= 15 is 0 Å². The van der Waals surface area contributed by atoms with Gasteiger partial charge in [0.2, 0.25) is 0 Å². The molecule has 110 valence electrons. The molecule has 1 aromatic carbocycles. The van der Waals surface area contributed by atoms with E-state index in [1.54, 1.807) is 12.1 Å². The van der Waals surface area contributed by atoms with Crippen molar-refractivity contribution in [3.8, 4) is 0 Å². The zero-order valence-electron chi connectivity index (χ0n) is 12.0. The Bertz CT molecular complexity index is 433. The average Bonchev–Trinajstić information content (AvgIpc) is 2.94. The molecule has 0 spiro atoms. The van der Waals surface area contributed by atoms with Crippen LogP contribution in [-0.4, -0.2) is 29.1 Å². The predicted molar refractivity (Wildman–Crippen MR) is 77.9 cm³/mol. The molecule has 1 aliphatic carbocycles. The number of rotatable bonds is 4. The number of fused-ring (bicyclic) bond motifs is 1. The molecule has 0 bridgehead atoms. The van der Waals surface area contributed by atoms with Gasteiger partial charge < -0.3 is 10.0 Å². The number of aliphatic hydroxyl groups excluding tert-OH is 1. The number of nitrogens with zero attached hydrogens (tertiary/aromatic N) is 1. The fourth-order valence-electron chi connectivity index (χ4n) is 3.97. The van der Waals surface area contributed by atoms with E-state index in [-0.39, 0.29) is 5.82 Å². The Hall–Kier alpha value is -0.930. The Kier molecular flexibility index (Phi) is 4.37. The van der Waals surface area contributed by atoms with Gasteiger partial charge in [-0.3, -0.25) is 0 Å². The van der Waals surface area contributed by atoms with Gasteiger partial charge in [0.25, 0.3) is 0 Å². The first kappa shape index (κ1) is 14.0. The maximum atomic E-state index is 12.9. The highest BCUT2D eigenvalue weighted by molar-refractivity contribution is 5.18. The molecule has 0 radical (unpaired) electrons. The van der Waals surface area contributed by atoms with Crippen molar-refractivity contribution >= 4 is 0 Å². The van der Waals surface area contributed by atoms with E-state index in [2.05, 4.69) is 4.90 Å². The number of halogens is 1. The van der Waals surface area contributed by atoms with E-state index in [0.29, 0.717) is 0 Å². The van der Waals surface area contributed by atoms with Crippen molar-refractivity contribution in [1.82, 2.24) is 4.90 Å². The minimum absolute atomic E-state index is 0.245. The Labute approximate surface area is 120 Å². The molecule has 2 nitrogen and oxygen atoms in total. The van der Waals surface area contributed by atoms with E-state index in [1.807, 2.05) is 0 Å². The molecular weight excluding hydrogens is 253 g/mol. The van der Waals surface area contributed by atoms with Crippen LogP contribution in [0, 0.1) is 11.7 Å². The second-order valence-corrected chi connectivity index (χ2v) is 6.29. The largest absolute Gasteiger partial charge is 0.388 e. The monoisotopic (exact) mass is 277 g/mol. The minimum atomic E-state index is -0.475. The minimum Gasteiger partial charge on any atom is -0.388 e. The summed E-state index contributed by atoms with van der Waals surface area (Å²) < 4.78 is 12.9. The smallest absolute Gasteiger partial charge is 0.123 e. The van der Waals surface area contributed by atoms with E-state index in [9.17, 15) is 9.50 Å². The van der Waals surface area contributed by atoms with Gasteiger partial charge in [-0.15, -0.1) is 0 Å². The first-order valence-corrected chi connectivity index (χ1v) is 7.91. The molecular formula is C17H24FNO. The first-order chi connectivity index (χ1) is 9.74. The van der Waals surface area contributed by atoms with Crippen molar-refractivity contribution in [2.75, 3.05) is 13.1 Å². The van der Waals surface area contributed by atoms with Gasteiger partial charge in [-0.05, 0) is 62.3 Å². The van der Waals surface area contributed by atoms with Gasteiger partial charge in [0.1, 0.15) is 5.82 Å². The third kappa shape index (κ3) is 3.04. The average molecular weight is 277 g/mol. The highest BCUT2D eigenvalue weighted by Gasteiger charge is 2.34. The number of piperidine rings is 1. The van der Waals surface area contributed by atoms with E-state index in [4.69, 9.17) is 0 Å². The summed E-state index contributed by atoms with van der Waals surface area (Å²) in [5.41, 5.74) is 0.825. The summed E-state index contributed by atoms with van der Waals surface area (Å²) in [6.07, 6.45) is 7.05. The lowest BCUT2D eigenvalue weighted by Crippen LogP contribution is -2.43. The van der Waals surface area contributed by atoms with Crippen molar-refractivity contribution in [1.29, 1.82) is 0 Å². The summed E-state index contributed by atoms with van der Waals surface area (Å²) in [6.45, 7) is 2.14. The number of aliphatic hydroxyl groups is 1. The van der Waals surface area contributed by atoms with Gasteiger partial charge in [-0.1, -0.05) is 18.6 Å². The fourth-order valence-corrected chi connectivity index (χ4v) is 3.97. The molecule has 0 aromatic heterocycles. The number of hydrogen-bond acceptors (Lipinski definition) is 2. The van der Waals surface area contributed by atoms with Crippen LogP contribution in [0.2, 0.25) is 0 Å². The van der Waals surface area contributed by atoms with Crippen molar-refractivity contribution in [3.63, 3.8) is 0 Å². The molecule has 1 saturated carbocycles. The van der Waals surface area contributed by atoms with Crippen LogP contribution in [0.3, 0.4) is 0 Å². The lowest BCUT2D eigenvalue weighted by molar-refractivity contribution is 0.0834. The lowest BCUT2D eigenvalue weighted by Gasteiger charge is -2.38. The van der Waals surface area contributed by atoms with E-state index in [1.165, 1.54) is 50.8 Å². The quantitative estimate of drug-likeness (QED) is 0.910. The highest BCUT2D eigenvalue weighted by atomic mass is 19.1. The Morgan fingerprint density at radius 1 is 1.15 bits per heavy atom. The van der Waals surface area contributed by atoms with Gasteiger partial charge in [-0.25, -0.2) is 4.39 Å². The van der Waals surface area contributed by atoms with Gasteiger partial charge in [0, 0.05) is 12.6 Å². The van der Waals surface area contributed by atoms with Crippen LogP contribution < -0.4 is 0 Å². The summed E-state index contributed by atoms with van der Waals surface area (Å²) in [4.78, 5) is 2.58. The third-order valence-electron chi connectivity index (χ3n) is 5.05. The van der Waals surface area contributed by atoms with Gasteiger partial charge >= 0.3 is 0 Å². The zero-order chi connectivity index (χ0) is 13.9. The molecule has 3 atom stereocenters. The molecule has 1 aromatic rings. The molecule has 3 heteroatoms. The molecule has 1 N–H and O–H groups in total. The van der Waals surface area contributed by atoms with E-state index in [0.717, 1.165) is 30.5 Å². The predicted octanol–water partition coefficient (Wildman–Crippen LogP) is 3.51. The second-order valence-electron chi connectivity index (χ2n) is 6.29. The molecule has 1 heterocycles. The number of likely N-dealkylation sites (tertiary alicyclic amines) is 1. The summed E-state index contributed by atoms with van der Waals surface area (Å²) in [5.74, 6) is 0.650. The normalized spacial score (nSPS) is 28.3. The highest BCUT2D eigenvalue weighted by Crippen LogP contribution is 2.37. The Morgan fingerprint density at radius 3 is 2.70 bits per heavy atom. The zero-order valence-corrected chi connectivity index (χ0v) is 12.0. The van der Waals surface area contributed by atoms with Crippen LogP contribution in [-0.2, 0) is 0 Å². The summed E-state index contributed by atoms with van der Waals surface area (Å²) in [7, 11) is 0. The number of hydrogen-bond donors (Lipinski definition) is 1. The van der Waals surface area contributed by atoms with Gasteiger partial charge in [-0.2, -0.15) is 0 Å². The standard InChI is InChI=1S/C17H24FNO/c18-15-8-6-14(7-9-15)17(20)10-12-19-11-2-4-13-3-1-5-16(13)19/h6-9,13,16-17,20H,1-5,10-12H2. The maximum Gasteiger partial charge on any atom is 0.123 e. The summed E-state index contributed by atoms with van der Waals surface area (Å²) in [5, 5.41) is 10.2. The SMILES string of the molecule is OC(CCN1CCCC2CCCC21)c1ccc(F)cc1. The Balaban J connectivity index is 1.54. The van der Waals surface area contributed by atoms with Gasteiger partial charge in [0.05, 0.1) is 6.10 Å². The van der Waals surface area contributed by atoms with Crippen molar-refractivity contribution < 1.29 is 9.50 Å². The second kappa shape index (κ2) is 6.23. The molecule has 1 saturated heterocycles. The van der Waals surface area contributed by atoms with Crippen LogP contribution >= 0.6 is 0 Å². The van der Waals surface area contributed by atoms with Crippen molar-refractivity contribution in [2.24, 2.45) is 5.92 Å². The maximum absolute atomic E-state index is 12.9. The first-order valence-electron chi connectivity index (χ1n) is 7.91. The van der Waals surface area contributed by atoms with E-state index < -0.39 is 6.10 Å². The number of benzene rings is 1. The molecule has 1 aliphatic heterocycles. The Morgan fingerprint density at radius 2 is 1.90 bits per heavy atom. The lowest BCUT2D eigenvalue weighted by atomic mass is 9.91. The van der Waals surface area contributed by atoms with Crippen LogP contribution in [0.15, 0.2) is 24.3 Å². The van der Waals surface area contributed by atoms with Crippen LogP contribution in [0.25, 0.3) is 0 Å². The molecule has 20 heavy (non-hydrogen) atoms. The topological polar surface area (TPSA) is 23.5 Å². The van der Waals surface area contributed by atoms with Crippen LogP contribution in [0.4, 0.5) is 4.39 Å². The molecule has 2 aliphatic rings. The summed E-state index contributed by atoms with van der Waals surface area (Å²) in [6, 6.07) is 6.98. The third-order valence-corrected chi connectivity index (χ3v) is 5.05. The van der Waals surface area contributed by atoms with Crippen LogP contribution in [0.5, 0.6) is 0 Å². The van der Waals surface area contributed by atoms with Crippen molar-refractivity contribution in [2.45, 2.75) is 50.7 Å². The molecule has 3 unspecified atom stereocenters. The molecule has 3 rings (SSSR count).